The van der Waals surface area contributed by atoms with Crippen molar-refractivity contribution in [1.82, 2.24) is 13.7 Å². The fourth-order valence-electron chi connectivity index (χ4n) is 6.61. The molecule has 0 unspecified atom stereocenters. The van der Waals surface area contributed by atoms with Gasteiger partial charge >= 0.3 is 35.0 Å². The molecule has 0 N–H and O–H groups in total. The van der Waals surface area contributed by atoms with Gasteiger partial charge in [0.15, 0.2) is 0 Å². The maximum atomic E-state index is 13.4. The van der Waals surface area contributed by atoms with E-state index in [1.165, 1.54) is 151 Å². The number of esters is 3. The van der Waals surface area contributed by atoms with E-state index >= 15 is 0 Å². The molecule has 1 heterocycles. The van der Waals surface area contributed by atoms with E-state index in [1.54, 1.807) is 0 Å². The lowest BCUT2D eigenvalue weighted by atomic mass is 10.1. The number of ether oxygens (including phenoxy) is 3. The standard InChI is InChI=1S/C45H81N3O9S3/c1-4-7-10-13-16-19-22-25-34-58-37-40(49)55-31-28-46-43(52)47(29-32-56-41(50)38-59-35-26-23-20-17-14-11-8-5-2)45(54)48(44(46)53)30-33-57-42(51)39-60-36-27-24-21-18-15-12-9-6-3/h4-39H2,1-3H3. The Bertz CT molecular complexity index is 1240. The molecule has 0 aromatic carbocycles. The van der Waals surface area contributed by atoms with Gasteiger partial charge in [0.1, 0.15) is 19.8 Å². The van der Waals surface area contributed by atoms with Crippen molar-refractivity contribution in [1.29, 1.82) is 0 Å². The van der Waals surface area contributed by atoms with Gasteiger partial charge in [-0.1, -0.05) is 156 Å². The summed E-state index contributed by atoms with van der Waals surface area (Å²) in [6.07, 6.45) is 29.1. The summed E-state index contributed by atoms with van der Waals surface area (Å²) in [6.45, 7) is 5.13. The van der Waals surface area contributed by atoms with Crippen LogP contribution in [0.25, 0.3) is 0 Å². The first-order chi connectivity index (χ1) is 29.3. The highest BCUT2D eigenvalue weighted by atomic mass is 32.2. The molecule has 0 bridgehead atoms. The first kappa shape index (κ1) is 55.9. The first-order valence-electron chi connectivity index (χ1n) is 23.4. The lowest BCUT2D eigenvalue weighted by molar-refractivity contribution is -0.141. The number of thioether (sulfide) groups is 3. The SMILES string of the molecule is CCCCCCCCCCSCC(=O)OCCn1c(=O)n(CCOC(=O)CSCCCCCCCCCC)c(=O)n(CCOC(=O)CSCCCCCCCCCC)c1=O. The van der Waals surface area contributed by atoms with Crippen molar-refractivity contribution in [3.8, 4) is 0 Å². The lowest BCUT2D eigenvalue weighted by Crippen LogP contribution is -2.55. The van der Waals surface area contributed by atoms with Crippen molar-refractivity contribution in [2.24, 2.45) is 0 Å². The third-order valence-corrected chi connectivity index (χ3v) is 13.3. The van der Waals surface area contributed by atoms with E-state index in [-0.39, 0.29) is 56.7 Å². The van der Waals surface area contributed by atoms with Crippen molar-refractivity contribution in [2.45, 2.75) is 195 Å². The number of carbonyl (C=O) groups excluding carboxylic acids is 3. The van der Waals surface area contributed by atoms with E-state index in [2.05, 4.69) is 20.8 Å². The summed E-state index contributed by atoms with van der Waals surface area (Å²) < 4.78 is 18.6. The number of nitrogens with zero attached hydrogens (tertiary/aromatic N) is 3. The fraction of sp³-hybridized carbons (Fsp3) is 0.867. The first-order valence-corrected chi connectivity index (χ1v) is 26.9. The fourth-order valence-corrected chi connectivity index (χ4v) is 9.02. The molecule has 1 aromatic heterocycles. The van der Waals surface area contributed by atoms with Gasteiger partial charge in [-0.15, -0.1) is 0 Å². The van der Waals surface area contributed by atoms with E-state index in [0.29, 0.717) is 0 Å². The Labute approximate surface area is 374 Å². The second-order valence-electron chi connectivity index (χ2n) is 15.5. The van der Waals surface area contributed by atoms with Crippen LogP contribution in [-0.2, 0) is 48.2 Å². The summed E-state index contributed by atoms with van der Waals surface area (Å²) in [5.41, 5.74) is -2.68. The van der Waals surface area contributed by atoms with Crippen LogP contribution >= 0.6 is 35.3 Å². The van der Waals surface area contributed by atoms with Crippen molar-refractivity contribution in [3.63, 3.8) is 0 Å². The molecule has 0 amide bonds. The van der Waals surface area contributed by atoms with Crippen LogP contribution in [0.1, 0.15) is 175 Å². The molecule has 0 atom stereocenters. The summed E-state index contributed by atoms with van der Waals surface area (Å²) in [7, 11) is 0. The van der Waals surface area contributed by atoms with Gasteiger partial charge in [-0.25, -0.2) is 28.1 Å². The molecule has 60 heavy (non-hydrogen) atoms. The Morgan fingerprint density at radius 3 is 0.817 bits per heavy atom. The van der Waals surface area contributed by atoms with Crippen LogP contribution in [0.3, 0.4) is 0 Å². The summed E-state index contributed by atoms with van der Waals surface area (Å²) in [5.74, 6) is 1.72. The monoisotopic (exact) mass is 904 g/mol. The molecule has 12 nitrogen and oxygen atoms in total. The van der Waals surface area contributed by atoms with Crippen LogP contribution in [0.4, 0.5) is 0 Å². The van der Waals surface area contributed by atoms with Crippen LogP contribution < -0.4 is 17.1 Å². The average Bonchev–Trinajstić information content (AvgIpc) is 3.23. The number of unbranched alkanes of at least 4 members (excludes halogenated alkanes) is 21. The third kappa shape index (κ3) is 29.2. The van der Waals surface area contributed by atoms with E-state index < -0.39 is 35.0 Å². The highest BCUT2D eigenvalue weighted by Crippen LogP contribution is 2.14. The van der Waals surface area contributed by atoms with Crippen LogP contribution in [-0.4, -0.2) is 85.9 Å². The van der Waals surface area contributed by atoms with Crippen LogP contribution in [0.15, 0.2) is 14.4 Å². The molecule has 0 aliphatic carbocycles. The van der Waals surface area contributed by atoms with E-state index in [0.717, 1.165) is 69.5 Å². The lowest BCUT2D eigenvalue weighted by Gasteiger charge is -2.14. The Morgan fingerprint density at radius 2 is 0.583 bits per heavy atom. The minimum absolute atomic E-state index is 0.167. The second-order valence-corrected chi connectivity index (χ2v) is 18.9. The van der Waals surface area contributed by atoms with Crippen LogP contribution in [0, 0.1) is 0 Å². The second kappa shape index (κ2) is 39.7. The summed E-state index contributed by atoms with van der Waals surface area (Å²) in [5, 5.41) is 0. The average molecular weight is 904 g/mol. The molecule has 0 saturated heterocycles. The van der Waals surface area contributed by atoms with Crippen LogP contribution in [0.5, 0.6) is 0 Å². The minimum atomic E-state index is -0.893. The summed E-state index contributed by atoms with van der Waals surface area (Å²) in [6, 6.07) is 0. The molecule has 1 rings (SSSR count). The number of hydrogen-bond acceptors (Lipinski definition) is 12. The predicted octanol–water partition coefficient (Wildman–Crippen LogP) is 9.42. The van der Waals surface area contributed by atoms with Gasteiger partial charge in [-0.3, -0.25) is 14.4 Å². The number of carbonyl (C=O) groups is 3. The molecule has 15 heteroatoms. The van der Waals surface area contributed by atoms with Crippen molar-refractivity contribution in [3.05, 3.63) is 31.5 Å². The van der Waals surface area contributed by atoms with Gasteiger partial charge in [0.25, 0.3) is 0 Å². The van der Waals surface area contributed by atoms with Crippen molar-refractivity contribution in [2.75, 3.05) is 54.3 Å². The smallest absolute Gasteiger partial charge is 0.336 e. The minimum Gasteiger partial charge on any atom is -0.463 e. The van der Waals surface area contributed by atoms with E-state index in [1.807, 2.05) is 0 Å². The predicted molar refractivity (Wildman–Crippen MR) is 252 cm³/mol. The summed E-state index contributed by atoms with van der Waals surface area (Å²) >= 11 is 4.50. The van der Waals surface area contributed by atoms with E-state index in [4.69, 9.17) is 14.2 Å². The Kier molecular flexibility index (Phi) is 37.0. The number of rotatable bonds is 42. The normalized spacial score (nSPS) is 11.2. The number of hydrogen-bond donors (Lipinski definition) is 0. The zero-order chi connectivity index (χ0) is 43.9. The molecule has 1 aromatic rings. The molecule has 0 radical (unpaired) electrons. The van der Waals surface area contributed by atoms with Gasteiger partial charge in [0.05, 0.1) is 36.9 Å². The van der Waals surface area contributed by atoms with Gasteiger partial charge in [-0.2, -0.15) is 35.3 Å². The molecule has 0 aliphatic rings. The molecular formula is C45H81N3O9S3. The molecule has 348 valence electrons. The van der Waals surface area contributed by atoms with Crippen LogP contribution in [0.2, 0.25) is 0 Å². The Morgan fingerprint density at radius 1 is 0.367 bits per heavy atom. The largest absolute Gasteiger partial charge is 0.463 e. The highest BCUT2D eigenvalue weighted by molar-refractivity contribution is 8.00. The van der Waals surface area contributed by atoms with Gasteiger partial charge in [-0.05, 0) is 36.5 Å². The molecular weight excluding hydrogens is 823 g/mol. The molecule has 0 aliphatic heterocycles. The van der Waals surface area contributed by atoms with Gasteiger partial charge in [0.2, 0.25) is 0 Å². The van der Waals surface area contributed by atoms with Crippen molar-refractivity contribution >= 4 is 53.2 Å². The molecule has 0 saturated carbocycles. The highest BCUT2D eigenvalue weighted by Gasteiger charge is 2.17. The molecule has 0 fully saturated rings. The zero-order valence-electron chi connectivity index (χ0n) is 37.7. The topological polar surface area (TPSA) is 145 Å². The van der Waals surface area contributed by atoms with Gasteiger partial charge in [0, 0.05) is 0 Å². The van der Waals surface area contributed by atoms with Crippen molar-refractivity contribution < 1.29 is 28.6 Å². The third-order valence-electron chi connectivity index (χ3n) is 10.2. The quantitative estimate of drug-likeness (QED) is 0.0350. The Hall–Kier alpha value is -2.13. The zero-order valence-corrected chi connectivity index (χ0v) is 40.1. The van der Waals surface area contributed by atoms with Gasteiger partial charge < -0.3 is 14.2 Å². The summed E-state index contributed by atoms with van der Waals surface area (Å²) in [4.78, 5) is 77.6. The maximum Gasteiger partial charge on any atom is 0.336 e. The maximum absolute atomic E-state index is 13.4. The Balaban J connectivity index is 2.69. The van der Waals surface area contributed by atoms with E-state index in [9.17, 15) is 28.8 Å². The number of aromatic nitrogens is 3. The molecule has 0 spiro atoms.